The van der Waals surface area contributed by atoms with Crippen LogP contribution < -0.4 is 10.1 Å². The molecule has 2 saturated heterocycles. The Balaban J connectivity index is 1.50. The third-order valence-corrected chi connectivity index (χ3v) is 6.84. The summed E-state index contributed by atoms with van der Waals surface area (Å²) in [6, 6.07) is 6.71. The summed E-state index contributed by atoms with van der Waals surface area (Å²) in [5, 5.41) is 2.86. The van der Waals surface area contributed by atoms with Crippen LogP contribution in [-0.2, 0) is 14.6 Å². The molecule has 1 aromatic rings. The van der Waals surface area contributed by atoms with Crippen molar-refractivity contribution in [3.05, 3.63) is 29.8 Å². The second kappa shape index (κ2) is 7.65. The Morgan fingerprint density at radius 2 is 1.77 bits per heavy atom. The highest BCUT2D eigenvalue weighted by Crippen LogP contribution is 2.21. The SMILES string of the molecule is COc1ccc(C(=O)N2CCC(C(=O)NC3CCS(=O)(=O)C3)CC2)cc1. The van der Waals surface area contributed by atoms with Crippen LogP contribution in [0, 0.1) is 5.92 Å². The number of methoxy groups -OCH3 is 1. The van der Waals surface area contributed by atoms with Crippen LogP contribution in [0.4, 0.5) is 0 Å². The third-order valence-electron chi connectivity index (χ3n) is 5.07. The summed E-state index contributed by atoms with van der Waals surface area (Å²) < 4.78 is 28.1. The monoisotopic (exact) mass is 380 g/mol. The lowest BCUT2D eigenvalue weighted by atomic mass is 9.95. The quantitative estimate of drug-likeness (QED) is 0.836. The van der Waals surface area contributed by atoms with Crippen molar-refractivity contribution in [3.8, 4) is 5.75 Å². The van der Waals surface area contributed by atoms with Crippen molar-refractivity contribution < 1.29 is 22.7 Å². The Bertz CT molecular complexity index is 767. The third kappa shape index (κ3) is 4.35. The van der Waals surface area contributed by atoms with Gasteiger partial charge in [-0.3, -0.25) is 9.59 Å². The Labute approximate surface area is 153 Å². The number of nitrogens with one attached hydrogen (secondary N) is 1. The molecule has 1 atom stereocenters. The zero-order chi connectivity index (χ0) is 18.7. The number of nitrogens with zero attached hydrogens (tertiary/aromatic N) is 1. The fourth-order valence-corrected chi connectivity index (χ4v) is 5.16. The number of ether oxygens (including phenoxy) is 1. The van der Waals surface area contributed by atoms with Crippen LogP contribution in [0.25, 0.3) is 0 Å². The largest absolute Gasteiger partial charge is 0.497 e. The molecule has 2 heterocycles. The molecule has 7 nitrogen and oxygen atoms in total. The lowest BCUT2D eigenvalue weighted by Crippen LogP contribution is -2.45. The maximum atomic E-state index is 12.5. The topological polar surface area (TPSA) is 92.8 Å². The molecule has 142 valence electrons. The highest BCUT2D eigenvalue weighted by atomic mass is 32.2. The van der Waals surface area contributed by atoms with Crippen molar-refractivity contribution in [1.82, 2.24) is 10.2 Å². The zero-order valence-electron chi connectivity index (χ0n) is 14.8. The highest BCUT2D eigenvalue weighted by molar-refractivity contribution is 7.91. The molecule has 2 aliphatic rings. The van der Waals surface area contributed by atoms with Crippen LogP contribution in [0.5, 0.6) is 5.75 Å². The van der Waals surface area contributed by atoms with Gasteiger partial charge in [0.05, 0.1) is 18.6 Å². The van der Waals surface area contributed by atoms with E-state index in [1.807, 2.05) is 0 Å². The van der Waals surface area contributed by atoms with Crippen molar-refractivity contribution >= 4 is 21.7 Å². The minimum absolute atomic E-state index is 0.0353. The van der Waals surface area contributed by atoms with E-state index >= 15 is 0 Å². The Hall–Kier alpha value is -2.09. The van der Waals surface area contributed by atoms with Gasteiger partial charge in [-0.05, 0) is 43.5 Å². The molecule has 0 aromatic heterocycles. The average molecular weight is 380 g/mol. The van der Waals surface area contributed by atoms with Crippen molar-refractivity contribution in [2.45, 2.75) is 25.3 Å². The van der Waals surface area contributed by atoms with Crippen molar-refractivity contribution in [3.63, 3.8) is 0 Å². The summed E-state index contributed by atoms with van der Waals surface area (Å²) in [5.41, 5.74) is 0.602. The number of rotatable bonds is 4. The number of carbonyl (C=O) groups excluding carboxylic acids is 2. The fraction of sp³-hybridized carbons (Fsp3) is 0.556. The first kappa shape index (κ1) is 18.7. The van der Waals surface area contributed by atoms with Crippen LogP contribution in [-0.4, -0.2) is 62.9 Å². The van der Waals surface area contributed by atoms with Crippen LogP contribution >= 0.6 is 0 Å². The standard InChI is InChI=1S/C18H24N2O5S/c1-25-16-4-2-14(3-5-16)18(22)20-9-6-13(7-10-20)17(21)19-15-8-11-26(23,24)12-15/h2-5,13,15H,6-12H2,1H3,(H,19,21). The second-order valence-electron chi connectivity index (χ2n) is 6.90. The van der Waals surface area contributed by atoms with Gasteiger partial charge in [0, 0.05) is 30.6 Å². The fourth-order valence-electron chi connectivity index (χ4n) is 3.49. The second-order valence-corrected chi connectivity index (χ2v) is 9.13. The van der Waals surface area contributed by atoms with E-state index in [1.54, 1.807) is 36.3 Å². The molecule has 3 rings (SSSR count). The number of likely N-dealkylation sites (tertiary alicyclic amines) is 1. The molecule has 0 aliphatic carbocycles. The minimum atomic E-state index is -3.00. The summed E-state index contributed by atoms with van der Waals surface area (Å²) in [6.45, 7) is 1.04. The van der Waals surface area contributed by atoms with E-state index < -0.39 is 9.84 Å². The minimum Gasteiger partial charge on any atom is -0.497 e. The van der Waals surface area contributed by atoms with E-state index in [1.165, 1.54) is 0 Å². The van der Waals surface area contributed by atoms with Crippen molar-refractivity contribution in [1.29, 1.82) is 0 Å². The zero-order valence-corrected chi connectivity index (χ0v) is 15.6. The van der Waals surface area contributed by atoms with Gasteiger partial charge in [0.15, 0.2) is 9.84 Å². The number of hydrogen-bond donors (Lipinski definition) is 1. The first-order chi connectivity index (χ1) is 12.4. The van der Waals surface area contributed by atoms with Gasteiger partial charge in [-0.15, -0.1) is 0 Å². The first-order valence-corrected chi connectivity index (χ1v) is 10.6. The van der Waals surface area contributed by atoms with Crippen LogP contribution in [0.1, 0.15) is 29.6 Å². The highest BCUT2D eigenvalue weighted by Gasteiger charge is 2.32. The Morgan fingerprint density at radius 3 is 2.31 bits per heavy atom. The van der Waals surface area contributed by atoms with Gasteiger partial charge in [-0.2, -0.15) is 0 Å². The van der Waals surface area contributed by atoms with Crippen LogP contribution in [0.15, 0.2) is 24.3 Å². The molecule has 0 saturated carbocycles. The number of piperidine rings is 1. The van der Waals surface area contributed by atoms with E-state index in [0.29, 0.717) is 43.7 Å². The number of benzene rings is 1. The molecular weight excluding hydrogens is 356 g/mol. The molecule has 8 heteroatoms. The number of carbonyl (C=O) groups is 2. The maximum absolute atomic E-state index is 12.5. The van der Waals surface area contributed by atoms with Gasteiger partial charge in [0.25, 0.3) is 5.91 Å². The molecule has 2 fully saturated rings. The molecular formula is C18H24N2O5S. The van der Waals surface area contributed by atoms with Crippen molar-refractivity contribution in [2.75, 3.05) is 31.7 Å². The van der Waals surface area contributed by atoms with Gasteiger partial charge in [0.2, 0.25) is 5.91 Å². The average Bonchev–Trinajstić information content (AvgIpc) is 2.99. The van der Waals surface area contributed by atoms with Gasteiger partial charge in [-0.1, -0.05) is 0 Å². The van der Waals surface area contributed by atoms with E-state index in [9.17, 15) is 18.0 Å². The summed E-state index contributed by atoms with van der Waals surface area (Å²) in [4.78, 5) is 26.7. The number of sulfone groups is 1. The molecule has 0 bridgehead atoms. The van der Waals surface area contributed by atoms with Gasteiger partial charge >= 0.3 is 0 Å². The smallest absolute Gasteiger partial charge is 0.253 e. The van der Waals surface area contributed by atoms with Gasteiger partial charge in [0.1, 0.15) is 5.75 Å². The summed E-state index contributed by atoms with van der Waals surface area (Å²) in [6.07, 6.45) is 1.67. The van der Waals surface area contributed by atoms with E-state index in [0.717, 1.165) is 0 Å². The molecule has 0 radical (unpaired) electrons. The van der Waals surface area contributed by atoms with E-state index in [-0.39, 0.29) is 35.3 Å². The van der Waals surface area contributed by atoms with Crippen molar-refractivity contribution in [2.24, 2.45) is 5.92 Å². The van der Waals surface area contributed by atoms with Crippen LogP contribution in [0.3, 0.4) is 0 Å². The normalized spacial score (nSPS) is 22.8. The predicted octanol–water partition coefficient (Wildman–Crippen LogP) is 0.851. The molecule has 2 amide bonds. The lowest BCUT2D eigenvalue weighted by Gasteiger charge is -2.32. The summed E-state index contributed by atoms with van der Waals surface area (Å²) in [7, 11) is -1.43. The summed E-state index contributed by atoms with van der Waals surface area (Å²) >= 11 is 0. The number of amides is 2. The Kier molecular flexibility index (Phi) is 5.50. The first-order valence-electron chi connectivity index (χ1n) is 8.82. The van der Waals surface area contributed by atoms with Gasteiger partial charge in [-0.25, -0.2) is 8.42 Å². The Morgan fingerprint density at radius 1 is 1.12 bits per heavy atom. The molecule has 1 N–H and O–H groups in total. The lowest BCUT2D eigenvalue weighted by molar-refractivity contribution is -0.126. The van der Waals surface area contributed by atoms with E-state index in [2.05, 4.69) is 5.32 Å². The van der Waals surface area contributed by atoms with E-state index in [4.69, 9.17) is 4.74 Å². The van der Waals surface area contributed by atoms with Crippen LogP contribution in [0.2, 0.25) is 0 Å². The molecule has 26 heavy (non-hydrogen) atoms. The maximum Gasteiger partial charge on any atom is 0.253 e. The predicted molar refractivity (Wildman–Crippen MR) is 96.8 cm³/mol. The molecule has 1 aromatic carbocycles. The molecule has 0 spiro atoms. The van der Waals surface area contributed by atoms with Gasteiger partial charge < -0.3 is 15.0 Å². The molecule has 2 aliphatic heterocycles. The summed E-state index contributed by atoms with van der Waals surface area (Å²) in [5.74, 6) is 0.571. The number of hydrogen-bond acceptors (Lipinski definition) is 5. The molecule has 1 unspecified atom stereocenters.